The molecule has 1 aliphatic heterocycles. The lowest BCUT2D eigenvalue weighted by Gasteiger charge is -2.22. The maximum absolute atomic E-state index is 12.5. The van der Waals surface area contributed by atoms with Gasteiger partial charge in [-0.1, -0.05) is 12.1 Å². The van der Waals surface area contributed by atoms with Gasteiger partial charge in [0.15, 0.2) is 0 Å². The summed E-state index contributed by atoms with van der Waals surface area (Å²) in [4.78, 5) is 0.261. The van der Waals surface area contributed by atoms with Gasteiger partial charge in [-0.25, -0.2) is 8.42 Å². The van der Waals surface area contributed by atoms with Crippen LogP contribution < -0.4 is 5.73 Å². The van der Waals surface area contributed by atoms with E-state index in [2.05, 4.69) is 0 Å². The fourth-order valence-corrected chi connectivity index (χ4v) is 4.07. The summed E-state index contributed by atoms with van der Waals surface area (Å²) in [5.41, 5.74) is 6.65. The normalized spacial score (nSPS) is 22.6. The molecule has 1 saturated heterocycles. The van der Waals surface area contributed by atoms with Gasteiger partial charge >= 0.3 is 0 Å². The molecule has 1 aromatic carbocycles. The van der Waals surface area contributed by atoms with Crippen molar-refractivity contribution >= 4 is 10.0 Å². The van der Waals surface area contributed by atoms with E-state index in [0.29, 0.717) is 13.0 Å². The summed E-state index contributed by atoms with van der Waals surface area (Å²) >= 11 is 0. The molecule has 1 aromatic rings. The first kappa shape index (κ1) is 14.5. The minimum Gasteiger partial charge on any atom is -0.395 e. The Morgan fingerprint density at radius 2 is 2.05 bits per heavy atom. The molecular formula is C13H20N2O3S. The Labute approximate surface area is 114 Å². The van der Waals surface area contributed by atoms with Gasteiger partial charge < -0.3 is 10.8 Å². The minimum atomic E-state index is -3.51. The third-order valence-electron chi connectivity index (χ3n) is 3.55. The highest BCUT2D eigenvalue weighted by atomic mass is 32.2. The lowest BCUT2D eigenvalue weighted by Crippen LogP contribution is -2.37. The van der Waals surface area contributed by atoms with E-state index in [-0.39, 0.29) is 23.6 Å². The van der Waals surface area contributed by atoms with E-state index in [1.807, 2.05) is 6.92 Å². The van der Waals surface area contributed by atoms with Crippen LogP contribution in [0.2, 0.25) is 0 Å². The van der Waals surface area contributed by atoms with Crippen LogP contribution in [0, 0.1) is 0 Å². The molecule has 1 heterocycles. The molecule has 0 bridgehead atoms. The molecule has 0 aromatic heterocycles. The maximum Gasteiger partial charge on any atom is 0.243 e. The molecule has 2 rings (SSSR count). The highest BCUT2D eigenvalue weighted by Crippen LogP contribution is 2.26. The molecule has 0 aliphatic carbocycles. The van der Waals surface area contributed by atoms with Gasteiger partial charge in [0.05, 0.1) is 11.5 Å². The predicted molar refractivity (Wildman–Crippen MR) is 73.0 cm³/mol. The fraction of sp³-hybridized carbons (Fsp3) is 0.538. The van der Waals surface area contributed by atoms with Crippen molar-refractivity contribution in [1.82, 2.24) is 4.31 Å². The van der Waals surface area contributed by atoms with Crippen LogP contribution in [0.4, 0.5) is 0 Å². The van der Waals surface area contributed by atoms with Crippen LogP contribution in [0.1, 0.15) is 31.4 Å². The molecule has 1 fully saturated rings. The molecule has 6 heteroatoms. The monoisotopic (exact) mass is 284 g/mol. The summed E-state index contributed by atoms with van der Waals surface area (Å²) in [5, 5.41) is 9.24. The molecule has 1 aliphatic rings. The number of aliphatic hydroxyl groups excluding tert-OH is 1. The zero-order valence-corrected chi connectivity index (χ0v) is 11.8. The number of hydrogen-bond donors (Lipinski definition) is 2. The van der Waals surface area contributed by atoms with Crippen LogP contribution in [0.25, 0.3) is 0 Å². The largest absolute Gasteiger partial charge is 0.395 e. The lowest BCUT2D eigenvalue weighted by molar-refractivity contribution is 0.213. The van der Waals surface area contributed by atoms with E-state index in [1.165, 1.54) is 4.31 Å². The summed E-state index contributed by atoms with van der Waals surface area (Å²) in [7, 11) is -3.51. The van der Waals surface area contributed by atoms with Crippen LogP contribution >= 0.6 is 0 Å². The molecule has 0 spiro atoms. The summed E-state index contributed by atoms with van der Waals surface area (Å²) < 4.78 is 26.3. The first-order valence-corrected chi connectivity index (χ1v) is 7.89. The molecule has 2 unspecified atom stereocenters. The third-order valence-corrected chi connectivity index (χ3v) is 5.51. The molecule has 0 radical (unpaired) electrons. The van der Waals surface area contributed by atoms with Crippen LogP contribution in [-0.2, 0) is 10.0 Å². The van der Waals surface area contributed by atoms with Crippen molar-refractivity contribution in [3.05, 3.63) is 29.8 Å². The zero-order chi connectivity index (χ0) is 14.0. The predicted octanol–water partition coefficient (Wildman–Crippen LogP) is 0.852. The number of hydrogen-bond acceptors (Lipinski definition) is 4. The Bertz CT molecular complexity index is 525. The Morgan fingerprint density at radius 1 is 1.42 bits per heavy atom. The van der Waals surface area contributed by atoms with E-state index >= 15 is 0 Å². The highest BCUT2D eigenvalue weighted by Gasteiger charge is 2.34. The maximum atomic E-state index is 12.5. The minimum absolute atomic E-state index is 0.117. The number of sulfonamides is 1. The van der Waals surface area contributed by atoms with Crippen molar-refractivity contribution in [1.29, 1.82) is 0 Å². The van der Waals surface area contributed by atoms with Gasteiger partial charge in [0.1, 0.15) is 0 Å². The highest BCUT2D eigenvalue weighted by molar-refractivity contribution is 7.89. The van der Waals surface area contributed by atoms with Crippen molar-refractivity contribution in [3.8, 4) is 0 Å². The second-order valence-electron chi connectivity index (χ2n) is 4.95. The smallest absolute Gasteiger partial charge is 0.243 e. The van der Waals surface area contributed by atoms with Crippen LogP contribution in [-0.4, -0.2) is 37.0 Å². The molecule has 5 nitrogen and oxygen atoms in total. The van der Waals surface area contributed by atoms with E-state index in [0.717, 1.165) is 12.0 Å². The first-order chi connectivity index (χ1) is 8.96. The molecular weight excluding hydrogens is 264 g/mol. The van der Waals surface area contributed by atoms with Crippen molar-refractivity contribution in [2.75, 3.05) is 13.2 Å². The second kappa shape index (κ2) is 5.58. The average Bonchev–Trinajstić information content (AvgIpc) is 2.87. The van der Waals surface area contributed by atoms with Crippen molar-refractivity contribution in [2.24, 2.45) is 5.73 Å². The van der Waals surface area contributed by atoms with Gasteiger partial charge in [0, 0.05) is 18.6 Å². The number of nitrogens with zero attached hydrogens (tertiary/aromatic N) is 1. The summed E-state index contributed by atoms with van der Waals surface area (Å²) in [6.07, 6.45) is 1.51. The number of aliphatic hydroxyl groups is 1. The second-order valence-corrected chi connectivity index (χ2v) is 6.84. The summed E-state index contributed by atoms with van der Waals surface area (Å²) in [6.45, 7) is 2.20. The van der Waals surface area contributed by atoms with Gasteiger partial charge in [-0.3, -0.25) is 0 Å². The third kappa shape index (κ3) is 2.81. The first-order valence-electron chi connectivity index (χ1n) is 6.45. The van der Waals surface area contributed by atoms with Crippen molar-refractivity contribution < 1.29 is 13.5 Å². The van der Waals surface area contributed by atoms with Gasteiger partial charge in [-0.05, 0) is 37.5 Å². The lowest BCUT2D eigenvalue weighted by atomic mass is 10.1. The SMILES string of the molecule is CC(N)c1ccc(S(=O)(=O)N2CCCC2CO)cc1. The van der Waals surface area contributed by atoms with Crippen LogP contribution in [0.3, 0.4) is 0 Å². The van der Waals surface area contributed by atoms with E-state index in [1.54, 1.807) is 24.3 Å². The number of nitrogens with two attached hydrogens (primary N) is 1. The average molecular weight is 284 g/mol. The van der Waals surface area contributed by atoms with Crippen LogP contribution in [0.5, 0.6) is 0 Å². The Balaban J connectivity index is 2.29. The Morgan fingerprint density at radius 3 is 2.58 bits per heavy atom. The van der Waals surface area contributed by atoms with Crippen LogP contribution in [0.15, 0.2) is 29.2 Å². The topological polar surface area (TPSA) is 83.6 Å². The Hall–Kier alpha value is -0.950. The molecule has 106 valence electrons. The van der Waals surface area contributed by atoms with Crippen molar-refractivity contribution in [3.63, 3.8) is 0 Å². The quantitative estimate of drug-likeness (QED) is 0.858. The van der Waals surface area contributed by atoms with Gasteiger partial charge in [-0.15, -0.1) is 0 Å². The molecule has 0 amide bonds. The Kier molecular flexibility index (Phi) is 4.25. The molecule has 19 heavy (non-hydrogen) atoms. The zero-order valence-electron chi connectivity index (χ0n) is 11.0. The van der Waals surface area contributed by atoms with E-state index in [4.69, 9.17) is 5.73 Å². The van der Waals surface area contributed by atoms with Gasteiger partial charge in [-0.2, -0.15) is 4.31 Å². The van der Waals surface area contributed by atoms with E-state index in [9.17, 15) is 13.5 Å². The number of rotatable bonds is 4. The summed E-state index contributed by atoms with van der Waals surface area (Å²) in [6, 6.07) is 6.23. The molecule has 2 atom stereocenters. The van der Waals surface area contributed by atoms with E-state index < -0.39 is 10.0 Å². The molecule has 0 saturated carbocycles. The summed E-state index contributed by atoms with van der Waals surface area (Å²) in [5.74, 6) is 0. The standard InChI is InChI=1S/C13H20N2O3S/c1-10(14)11-4-6-13(7-5-11)19(17,18)15-8-2-3-12(15)9-16/h4-7,10,12,16H,2-3,8-9,14H2,1H3. The fourth-order valence-electron chi connectivity index (χ4n) is 2.39. The van der Waals surface area contributed by atoms with Gasteiger partial charge in [0.25, 0.3) is 0 Å². The van der Waals surface area contributed by atoms with Gasteiger partial charge in [0.2, 0.25) is 10.0 Å². The van der Waals surface area contributed by atoms with Crippen molar-refractivity contribution in [2.45, 2.75) is 36.7 Å². The number of benzene rings is 1. The molecule has 3 N–H and O–H groups in total.